The van der Waals surface area contributed by atoms with Crippen molar-refractivity contribution in [2.24, 2.45) is 0 Å². The molecule has 0 aliphatic heterocycles. The summed E-state index contributed by atoms with van der Waals surface area (Å²) in [5.74, 6) is 0. The van der Waals surface area contributed by atoms with Gasteiger partial charge in [0.1, 0.15) is 0 Å². The van der Waals surface area contributed by atoms with Crippen LogP contribution in [0.2, 0.25) is 0 Å². The van der Waals surface area contributed by atoms with E-state index in [9.17, 15) is 0 Å². The van der Waals surface area contributed by atoms with Crippen molar-refractivity contribution < 1.29 is 10.2 Å². The Hall–Kier alpha value is -1.54. The van der Waals surface area contributed by atoms with E-state index in [4.69, 9.17) is 5.26 Å². The molecule has 0 atom stereocenters. The quantitative estimate of drug-likeness (QED) is 0.573. The summed E-state index contributed by atoms with van der Waals surface area (Å²) in [7, 11) is 0. The average molecular weight is 370 g/mol. The molecule has 0 amide bonds. The van der Waals surface area contributed by atoms with E-state index in [0.29, 0.717) is 5.70 Å². The van der Waals surface area contributed by atoms with Gasteiger partial charge in [0.05, 0.1) is 0 Å². The molecule has 0 rings (SSSR count). The van der Waals surface area contributed by atoms with Crippen LogP contribution in [0.3, 0.4) is 0 Å². The minimum Gasteiger partial charge on any atom is -0.240 e. The molecule has 0 bridgehead atoms. The van der Waals surface area contributed by atoms with Crippen LogP contribution in [0, 0.1) is 0 Å². The smallest absolute Gasteiger partial charge is 0.0334 e. The van der Waals surface area contributed by atoms with Gasteiger partial charge in [0.2, 0.25) is 0 Å². The summed E-state index contributed by atoms with van der Waals surface area (Å²) in [6, 6.07) is 0. The van der Waals surface area contributed by atoms with Crippen LogP contribution < -0.4 is 5.48 Å². The van der Waals surface area contributed by atoms with E-state index >= 15 is 0 Å². The second-order valence-corrected chi connectivity index (χ2v) is 1.15. The molecule has 0 saturated heterocycles. The van der Waals surface area contributed by atoms with Crippen molar-refractivity contribution in [2.45, 2.75) is 13.3 Å². The molecular weight excluding hydrogens is 361 g/mol. The van der Waals surface area contributed by atoms with E-state index < -0.39 is 0 Å². The molecule has 8 heavy (non-hydrogen) atoms. The second kappa shape index (κ2) is 5.46. The average Bonchev–Trinajstić information content (AvgIpc) is 1.68. The molecule has 0 heterocycles. The largest absolute Gasteiger partial charge is 0.240 e. The van der Waals surface area contributed by atoms with Crippen molar-refractivity contribution in [3.05, 3.63) is 12.3 Å². The molecule has 0 aliphatic rings. The van der Waals surface area contributed by atoms with Crippen LogP contribution in [0.5, 0.6) is 0 Å². The first-order chi connectivity index (χ1) is 3.31. The molecule has 0 fully saturated rings. The second-order valence-electron chi connectivity index (χ2n) is 1.15. The third-order valence-corrected chi connectivity index (χ3v) is 0.617. The molecule has 0 spiro atoms. The zero-order valence-corrected chi connectivity index (χ0v) is 11.4. The fourth-order valence-corrected chi connectivity index (χ4v) is 0.137. The minimum absolute atomic E-state index is 0. The summed E-state index contributed by atoms with van der Waals surface area (Å²) in [5, 5.41) is 7.70. The zero-order chi connectivity index (χ0) is 5.70. The van der Waals surface area contributed by atoms with Crippen LogP contribution in [-0.2, 0) is 4.99 Å². The summed E-state index contributed by atoms with van der Waals surface area (Å²) < 4.78 is 0. The van der Waals surface area contributed by atoms with Gasteiger partial charge in [0.25, 0.3) is 0 Å². The Kier molecular flexibility index (Phi) is 6.61. The van der Waals surface area contributed by atoms with Crippen LogP contribution in [0.25, 0.3) is 0 Å². The fraction of sp³-hybridized carbons (Fsp3) is 0.500. The summed E-state index contributed by atoms with van der Waals surface area (Å²) in [4.78, 5) is 3.54. The maximum atomic E-state index is 7.70. The Morgan fingerprint density at radius 3 is 2.50 bits per heavy atom. The predicted molar refractivity (Wildman–Crippen MR) is 26.3 cm³/mol. The van der Waals surface area contributed by atoms with Gasteiger partial charge < -0.3 is 0 Å². The molecule has 0 aliphatic carbocycles. The number of hydrogen-bond donors (Lipinski definition) is 2. The summed E-state index contributed by atoms with van der Waals surface area (Å²) in [6.45, 7) is 5.36. The van der Waals surface area contributed by atoms with Crippen molar-refractivity contribution in [3.63, 3.8) is 0 Å². The molecule has 0 unspecified atom stereocenters. The first-order valence-corrected chi connectivity index (χ1v) is 2.05. The van der Waals surface area contributed by atoms with Gasteiger partial charge in [-0.1, -0.05) is 13.5 Å². The monoisotopic (exact) mass is 370 g/mol. The molecule has 3 nitrogen and oxygen atoms in total. The first kappa shape index (κ1) is 9.68. The van der Waals surface area contributed by atoms with Crippen LogP contribution in [-0.4, -0.2) is 5.26 Å². The Morgan fingerprint density at radius 2 is 2.38 bits per heavy atom. The molecule has 0 aromatic heterocycles. The van der Waals surface area contributed by atoms with Gasteiger partial charge in [0.15, 0.2) is 0 Å². The number of hydroxylamine groups is 1. The molecule has 0 aromatic rings. The van der Waals surface area contributed by atoms with Gasteiger partial charge in [0, 0.05) is 5.70 Å². The predicted octanol–water partition coefficient (Wildman–Crippen LogP) is 0.904. The van der Waals surface area contributed by atoms with Crippen molar-refractivity contribution >= 4 is 0 Å². The Labute approximate surface area is 42.5 Å². The van der Waals surface area contributed by atoms with Crippen LogP contribution in [0.15, 0.2) is 12.3 Å². The van der Waals surface area contributed by atoms with E-state index in [1.54, 1.807) is 0 Å². The fourth-order valence-electron chi connectivity index (χ4n) is 0.137. The Bertz CT molecular complexity index is 67.1. The molecular formula is C4H9NO2Rf. The van der Waals surface area contributed by atoms with Gasteiger partial charge in [-0.2, -0.15) is 0 Å². The van der Waals surface area contributed by atoms with E-state index in [-0.39, 0.29) is 0 Å². The number of rotatable bonds is 3. The van der Waals surface area contributed by atoms with Crippen molar-refractivity contribution in [1.29, 1.82) is 0 Å². The van der Waals surface area contributed by atoms with E-state index in [2.05, 4.69) is 17.0 Å². The standard InChI is InChI=1S/C4H9NO2.Rf/c1-3-4(2)5-7-6;/h5-6H,2-3H2,1H3;. The van der Waals surface area contributed by atoms with Crippen LogP contribution in [0.1, 0.15) is 13.3 Å². The molecule has 0 radical (unpaired) electrons. The van der Waals surface area contributed by atoms with Crippen molar-refractivity contribution in [2.75, 3.05) is 0 Å². The van der Waals surface area contributed by atoms with Crippen molar-refractivity contribution in [3.8, 4) is 0 Å². The molecule has 0 aromatic carbocycles. The summed E-state index contributed by atoms with van der Waals surface area (Å²) in [6.07, 6.45) is 0.751. The van der Waals surface area contributed by atoms with Crippen LogP contribution >= 0.6 is 0 Å². The van der Waals surface area contributed by atoms with Gasteiger partial charge in [-0.15, -0.1) is 4.99 Å². The maximum Gasteiger partial charge on any atom is 0.0334 e. The number of hydrogen-bond acceptors (Lipinski definition) is 3. The van der Waals surface area contributed by atoms with E-state index in [1.165, 1.54) is 0 Å². The van der Waals surface area contributed by atoms with E-state index in [1.807, 2.05) is 6.92 Å². The first-order valence-electron chi connectivity index (χ1n) is 2.05. The maximum absolute atomic E-state index is 7.70. The molecule has 0 saturated carbocycles. The minimum atomic E-state index is 0. The SMILES string of the molecule is C=C(CC)NOO.[Rf]. The normalized spacial score (nSPS) is 7.25. The van der Waals surface area contributed by atoms with E-state index in [0.717, 1.165) is 6.42 Å². The number of allylic oxidation sites excluding steroid dienone is 1. The van der Waals surface area contributed by atoms with Gasteiger partial charge in [-0.3, -0.25) is 0 Å². The third-order valence-electron chi connectivity index (χ3n) is 0.617. The third kappa shape index (κ3) is 4.46. The topological polar surface area (TPSA) is 41.5 Å². The van der Waals surface area contributed by atoms with Crippen molar-refractivity contribution in [1.82, 2.24) is 5.48 Å². The molecule has 44 valence electrons. The van der Waals surface area contributed by atoms with Crippen LogP contribution in [0.4, 0.5) is 0 Å². The molecule has 2 N–H and O–H groups in total. The summed E-state index contributed by atoms with van der Waals surface area (Å²) >= 11 is 0. The van der Waals surface area contributed by atoms with Gasteiger partial charge in [-0.25, -0.2) is 10.7 Å². The zero-order valence-electron chi connectivity index (χ0n) is 4.98. The summed E-state index contributed by atoms with van der Waals surface area (Å²) in [5.41, 5.74) is 2.81. The van der Waals surface area contributed by atoms with Gasteiger partial charge in [-0.05, 0) is 6.42 Å². The number of nitrogens with one attached hydrogen (secondary N) is 1. The Balaban J connectivity index is 0. The molecule has 4 heteroatoms. The Morgan fingerprint density at radius 1 is 1.88 bits per heavy atom. The van der Waals surface area contributed by atoms with Gasteiger partial charge >= 0.3 is 0 Å².